The van der Waals surface area contributed by atoms with Crippen LogP contribution in [0, 0.1) is 6.92 Å². The molecule has 1 aliphatic heterocycles. The number of benzene rings is 1. The highest BCUT2D eigenvalue weighted by Crippen LogP contribution is 2.31. The van der Waals surface area contributed by atoms with Crippen LogP contribution in [0.25, 0.3) is 0 Å². The molecule has 0 bridgehead atoms. The summed E-state index contributed by atoms with van der Waals surface area (Å²) in [4.78, 5) is 13.8. The predicted molar refractivity (Wildman–Crippen MR) is 72.2 cm³/mol. The van der Waals surface area contributed by atoms with Crippen molar-refractivity contribution in [3.05, 3.63) is 23.8 Å². The number of methoxy groups -OCH3 is 1. The lowest BCUT2D eigenvalue weighted by Gasteiger charge is -2.40. The lowest BCUT2D eigenvalue weighted by atomic mass is 10.0. The highest BCUT2D eigenvalue weighted by atomic mass is 16.5. The Hall–Kier alpha value is -1.71. The molecule has 0 aliphatic carbocycles. The fourth-order valence-electron chi connectivity index (χ4n) is 2.38. The molecule has 1 aromatic carbocycles. The number of rotatable bonds is 2. The van der Waals surface area contributed by atoms with Crippen molar-refractivity contribution < 1.29 is 9.53 Å². The Kier molecular flexibility index (Phi) is 3.20. The number of hydrogen-bond donors (Lipinski definition) is 1. The van der Waals surface area contributed by atoms with Gasteiger partial charge in [0.15, 0.2) is 0 Å². The van der Waals surface area contributed by atoms with Gasteiger partial charge in [0.1, 0.15) is 5.75 Å². The van der Waals surface area contributed by atoms with E-state index in [0.29, 0.717) is 6.54 Å². The van der Waals surface area contributed by atoms with Crippen molar-refractivity contribution in [3.63, 3.8) is 0 Å². The molecule has 0 spiro atoms. The smallest absolute Gasteiger partial charge is 0.239 e. The predicted octanol–water partition coefficient (Wildman–Crippen LogP) is 1.72. The van der Waals surface area contributed by atoms with Crippen molar-refractivity contribution in [1.82, 2.24) is 5.32 Å². The third kappa shape index (κ3) is 2.58. The van der Waals surface area contributed by atoms with Crippen LogP contribution in [0.2, 0.25) is 0 Å². The number of carbonyl (C=O) groups excluding carboxylic acids is 1. The minimum absolute atomic E-state index is 0.0507. The third-order valence-corrected chi connectivity index (χ3v) is 3.07. The van der Waals surface area contributed by atoms with Crippen LogP contribution in [0.5, 0.6) is 5.75 Å². The largest absolute Gasteiger partial charge is 0.495 e. The van der Waals surface area contributed by atoms with Crippen LogP contribution < -0.4 is 15.0 Å². The van der Waals surface area contributed by atoms with Gasteiger partial charge in [0.25, 0.3) is 0 Å². The second-order valence-electron chi connectivity index (χ2n) is 5.46. The van der Waals surface area contributed by atoms with E-state index in [1.165, 1.54) is 0 Å². The number of carbonyl (C=O) groups is 1. The average Bonchev–Trinajstić information content (AvgIpc) is 2.26. The maximum atomic E-state index is 11.8. The molecule has 18 heavy (non-hydrogen) atoms. The van der Waals surface area contributed by atoms with Gasteiger partial charge < -0.3 is 15.0 Å². The van der Waals surface area contributed by atoms with E-state index in [0.717, 1.165) is 23.5 Å². The molecule has 1 fully saturated rings. The van der Waals surface area contributed by atoms with Crippen LogP contribution in [-0.2, 0) is 4.79 Å². The molecule has 4 heteroatoms. The Morgan fingerprint density at radius 2 is 2.11 bits per heavy atom. The first kappa shape index (κ1) is 12.7. The summed E-state index contributed by atoms with van der Waals surface area (Å²) in [6.07, 6.45) is 0. The van der Waals surface area contributed by atoms with E-state index in [4.69, 9.17) is 4.74 Å². The van der Waals surface area contributed by atoms with Gasteiger partial charge in [-0.3, -0.25) is 4.79 Å². The van der Waals surface area contributed by atoms with Crippen molar-refractivity contribution in [3.8, 4) is 5.75 Å². The van der Waals surface area contributed by atoms with Crippen LogP contribution in [-0.4, -0.2) is 31.6 Å². The fourth-order valence-corrected chi connectivity index (χ4v) is 2.38. The molecule has 1 aromatic rings. The summed E-state index contributed by atoms with van der Waals surface area (Å²) < 4.78 is 5.38. The molecule has 2 rings (SSSR count). The zero-order valence-corrected chi connectivity index (χ0v) is 11.4. The number of anilines is 1. The number of nitrogens with zero attached hydrogens (tertiary/aromatic N) is 1. The van der Waals surface area contributed by atoms with Crippen molar-refractivity contribution in [2.24, 2.45) is 0 Å². The molecule has 1 heterocycles. The van der Waals surface area contributed by atoms with E-state index in [9.17, 15) is 4.79 Å². The molecule has 0 atom stereocenters. The van der Waals surface area contributed by atoms with E-state index < -0.39 is 0 Å². The van der Waals surface area contributed by atoms with Gasteiger partial charge in [0.05, 0.1) is 24.9 Å². The Labute approximate surface area is 108 Å². The van der Waals surface area contributed by atoms with Gasteiger partial charge in [-0.15, -0.1) is 0 Å². The zero-order chi connectivity index (χ0) is 13.3. The molecule has 4 nitrogen and oxygen atoms in total. The zero-order valence-electron chi connectivity index (χ0n) is 11.4. The molecule has 1 N–H and O–H groups in total. The van der Waals surface area contributed by atoms with Crippen molar-refractivity contribution >= 4 is 11.6 Å². The molecule has 1 amide bonds. The maximum Gasteiger partial charge on any atom is 0.239 e. The van der Waals surface area contributed by atoms with Crippen molar-refractivity contribution in [2.45, 2.75) is 26.3 Å². The van der Waals surface area contributed by atoms with Gasteiger partial charge in [-0.05, 0) is 38.5 Å². The first-order chi connectivity index (χ1) is 8.41. The molecule has 1 aliphatic rings. The summed E-state index contributed by atoms with van der Waals surface area (Å²) in [7, 11) is 1.66. The van der Waals surface area contributed by atoms with Gasteiger partial charge in [-0.1, -0.05) is 6.07 Å². The highest BCUT2D eigenvalue weighted by Gasteiger charge is 2.31. The van der Waals surface area contributed by atoms with E-state index in [2.05, 4.69) is 16.3 Å². The Morgan fingerprint density at radius 3 is 2.72 bits per heavy atom. The molecular weight excluding hydrogens is 228 g/mol. The molecular formula is C14H20N2O2. The Balaban J connectivity index is 2.35. The van der Waals surface area contributed by atoms with Gasteiger partial charge >= 0.3 is 0 Å². The summed E-state index contributed by atoms with van der Waals surface area (Å²) in [5, 5.41) is 2.99. The van der Waals surface area contributed by atoms with E-state index >= 15 is 0 Å². The minimum atomic E-state index is -0.218. The summed E-state index contributed by atoms with van der Waals surface area (Å²) in [6, 6.07) is 6.02. The van der Waals surface area contributed by atoms with Gasteiger partial charge in [0, 0.05) is 6.54 Å². The topological polar surface area (TPSA) is 41.6 Å². The Bertz CT molecular complexity index is 469. The molecule has 0 aromatic heterocycles. The van der Waals surface area contributed by atoms with Crippen molar-refractivity contribution in [2.75, 3.05) is 25.1 Å². The summed E-state index contributed by atoms with van der Waals surface area (Å²) in [5.74, 6) is 0.862. The molecule has 0 radical (unpaired) electrons. The number of hydrogen-bond acceptors (Lipinski definition) is 3. The Morgan fingerprint density at radius 1 is 1.39 bits per heavy atom. The van der Waals surface area contributed by atoms with Gasteiger partial charge in [-0.25, -0.2) is 0 Å². The standard InChI is InChI=1S/C14H20N2O2/c1-10-5-6-12(18-4)11(7-10)16-8-13(17)15-14(2,3)9-16/h5-7H,8-9H2,1-4H3,(H,15,17). The number of ether oxygens (including phenoxy) is 1. The van der Waals surface area contributed by atoms with Crippen LogP contribution in [0.15, 0.2) is 18.2 Å². The van der Waals surface area contributed by atoms with E-state index in [-0.39, 0.29) is 11.4 Å². The molecule has 98 valence electrons. The number of aryl methyl sites for hydroxylation is 1. The van der Waals surface area contributed by atoms with Crippen LogP contribution >= 0.6 is 0 Å². The van der Waals surface area contributed by atoms with Crippen LogP contribution in [0.3, 0.4) is 0 Å². The van der Waals surface area contributed by atoms with E-state index in [1.54, 1.807) is 7.11 Å². The molecule has 1 saturated heterocycles. The lowest BCUT2D eigenvalue weighted by Crippen LogP contribution is -2.60. The maximum absolute atomic E-state index is 11.8. The quantitative estimate of drug-likeness (QED) is 0.866. The minimum Gasteiger partial charge on any atom is -0.495 e. The number of nitrogens with one attached hydrogen (secondary N) is 1. The normalized spacial score (nSPS) is 18.4. The highest BCUT2D eigenvalue weighted by molar-refractivity contribution is 5.84. The van der Waals surface area contributed by atoms with Gasteiger partial charge in [-0.2, -0.15) is 0 Å². The summed E-state index contributed by atoms with van der Waals surface area (Å²) in [5.41, 5.74) is 1.93. The molecule has 0 unspecified atom stereocenters. The fraction of sp³-hybridized carbons (Fsp3) is 0.500. The first-order valence-corrected chi connectivity index (χ1v) is 6.12. The monoisotopic (exact) mass is 248 g/mol. The van der Waals surface area contributed by atoms with Crippen molar-refractivity contribution in [1.29, 1.82) is 0 Å². The lowest BCUT2D eigenvalue weighted by molar-refractivity contribution is -0.122. The second-order valence-corrected chi connectivity index (χ2v) is 5.46. The van der Waals surface area contributed by atoms with Gasteiger partial charge in [0.2, 0.25) is 5.91 Å². The summed E-state index contributed by atoms with van der Waals surface area (Å²) in [6.45, 7) is 7.25. The second kappa shape index (κ2) is 4.52. The SMILES string of the molecule is COc1ccc(C)cc1N1CC(=O)NC(C)(C)C1. The average molecular weight is 248 g/mol. The van der Waals surface area contributed by atoms with Crippen LogP contribution in [0.4, 0.5) is 5.69 Å². The summed E-state index contributed by atoms with van der Waals surface area (Å²) >= 11 is 0. The molecule has 0 saturated carbocycles. The number of amides is 1. The number of piperazine rings is 1. The third-order valence-electron chi connectivity index (χ3n) is 3.07. The van der Waals surface area contributed by atoms with Crippen LogP contribution in [0.1, 0.15) is 19.4 Å². The van der Waals surface area contributed by atoms with E-state index in [1.807, 2.05) is 32.9 Å². The first-order valence-electron chi connectivity index (χ1n) is 6.12.